The zero-order valence-corrected chi connectivity index (χ0v) is 9.21. The first-order valence-corrected chi connectivity index (χ1v) is 5.11. The van der Waals surface area contributed by atoms with Crippen molar-refractivity contribution in [1.29, 1.82) is 5.26 Å². The van der Waals surface area contributed by atoms with Crippen LogP contribution in [0.3, 0.4) is 0 Å². The molecule has 1 aliphatic carbocycles. The van der Waals surface area contributed by atoms with Crippen LogP contribution in [0, 0.1) is 22.7 Å². The molecule has 0 N–H and O–H groups in total. The molecule has 0 aromatic heterocycles. The van der Waals surface area contributed by atoms with E-state index in [1.165, 1.54) is 4.90 Å². The van der Waals surface area contributed by atoms with E-state index < -0.39 is 0 Å². The van der Waals surface area contributed by atoms with Crippen molar-refractivity contribution in [1.82, 2.24) is 4.90 Å². The predicted octanol–water partition coefficient (Wildman–Crippen LogP) is 1.79. The zero-order valence-electron chi connectivity index (χ0n) is 9.21. The van der Waals surface area contributed by atoms with Crippen molar-refractivity contribution >= 4 is 5.91 Å². The summed E-state index contributed by atoms with van der Waals surface area (Å²) in [4.78, 5) is 13.5. The Bertz CT molecular complexity index is 265. The van der Waals surface area contributed by atoms with Gasteiger partial charge in [0.25, 0.3) is 0 Å². The molecule has 1 amide bonds. The highest BCUT2D eigenvalue weighted by Gasteiger charge is 2.40. The molecule has 1 aliphatic rings. The first-order valence-electron chi connectivity index (χ1n) is 5.11. The van der Waals surface area contributed by atoms with Gasteiger partial charge in [-0.1, -0.05) is 20.3 Å². The van der Waals surface area contributed by atoms with Crippen molar-refractivity contribution in [3.63, 3.8) is 0 Å². The molecule has 1 atom stereocenters. The van der Waals surface area contributed by atoms with Gasteiger partial charge >= 0.3 is 0 Å². The Labute approximate surface area is 85.7 Å². The summed E-state index contributed by atoms with van der Waals surface area (Å²) in [6.07, 6.45) is 3.22. The summed E-state index contributed by atoms with van der Waals surface area (Å²) in [5.74, 6) is 0.245. The van der Waals surface area contributed by atoms with E-state index in [1.54, 1.807) is 7.05 Å². The van der Waals surface area contributed by atoms with Crippen LogP contribution in [0.4, 0.5) is 0 Å². The molecule has 0 aromatic rings. The number of amides is 1. The first kappa shape index (κ1) is 11.0. The standard InChI is InChI=1S/C11H18N2O/c1-11(2)6-4-5-9(11)10(14)13(3)8-7-12/h9H,4-6,8H2,1-3H3. The van der Waals surface area contributed by atoms with Gasteiger partial charge < -0.3 is 4.90 Å². The second kappa shape index (κ2) is 4.00. The Morgan fingerprint density at radius 2 is 2.29 bits per heavy atom. The molecule has 0 spiro atoms. The molecule has 0 saturated heterocycles. The van der Waals surface area contributed by atoms with E-state index in [4.69, 9.17) is 5.26 Å². The van der Waals surface area contributed by atoms with Crippen LogP contribution in [0.2, 0.25) is 0 Å². The molecule has 0 radical (unpaired) electrons. The van der Waals surface area contributed by atoms with Crippen molar-refractivity contribution in [2.24, 2.45) is 11.3 Å². The summed E-state index contributed by atoms with van der Waals surface area (Å²) >= 11 is 0. The third-order valence-corrected chi connectivity index (χ3v) is 3.24. The Kier molecular flexibility index (Phi) is 3.15. The number of carbonyl (C=O) groups is 1. The maximum atomic E-state index is 11.9. The largest absolute Gasteiger partial charge is 0.332 e. The van der Waals surface area contributed by atoms with Crippen LogP contribution in [0.5, 0.6) is 0 Å². The van der Waals surface area contributed by atoms with Crippen molar-refractivity contribution in [3.8, 4) is 6.07 Å². The monoisotopic (exact) mass is 194 g/mol. The van der Waals surface area contributed by atoms with Crippen LogP contribution >= 0.6 is 0 Å². The highest BCUT2D eigenvalue weighted by atomic mass is 16.2. The molecular formula is C11H18N2O. The molecular weight excluding hydrogens is 176 g/mol. The maximum absolute atomic E-state index is 11.9. The third kappa shape index (κ3) is 2.06. The second-order valence-corrected chi connectivity index (χ2v) is 4.79. The minimum atomic E-state index is 0.112. The molecule has 0 aliphatic heterocycles. The van der Waals surface area contributed by atoms with Crippen molar-refractivity contribution < 1.29 is 4.79 Å². The number of hydrogen-bond acceptors (Lipinski definition) is 2. The molecule has 1 fully saturated rings. The Balaban J connectivity index is 2.66. The topological polar surface area (TPSA) is 44.1 Å². The average molecular weight is 194 g/mol. The summed E-state index contributed by atoms with van der Waals surface area (Å²) in [6, 6.07) is 2.00. The smallest absolute Gasteiger partial charge is 0.226 e. The summed E-state index contributed by atoms with van der Waals surface area (Å²) < 4.78 is 0. The molecule has 0 heterocycles. The minimum absolute atomic E-state index is 0.112. The van der Waals surface area contributed by atoms with Gasteiger partial charge in [0.15, 0.2) is 0 Å². The van der Waals surface area contributed by atoms with Crippen molar-refractivity contribution in [2.45, 2.75) is 33.1 Å². The Hall–Kier alpha value is -1.04. The zero-order chi connectivity index (χ0) is 10.8. The van der Waals surface area contributed by atoms with Crippen LogP contribution in [0.15, 0.2) is 0 Å². The summed E-state index contributed by atoms with van der Waals surface area (Å²) in [5, 5.41) is 8.51. The van der Waals surface area contributed by atoms with Crippen LogP contribution in [0.1, 0.15) is 33.1 Å². The van der Waals surface area contributed by atoms with Crippen LogP contribution < -0.4 is 0 Å². The highest BCUT2D eigenvalue weighted by Crippen LogP contribution is 2.43. The molecule has 0 aromatic carbocycles. The molecule has 1 saturated carbocycles. The van der Waals surface area contributed by atoms with E-state index in [0.717, 1.165) is 19.3 Å². The lowest BCUT2D eigenvalue weighted by atomic mass is 9.81. The second-order valence-electron chi connectivity index (χ2n) is 4.79. The van der Waals surface area contributed by atoms with Crippen LogP contribution in [0.25, 0.3) is 0 Å². The molecule has 3 nitrogen and oxygen atoms in total. The van der Waals surface area contributed by atoms with E-state index in [2.05, 4.69) is 13.8 Å². The lowest BCUT2D eigenvalue weighted by Crippen LogP contribution is -2.37. The molecule has 0 bridgehead atoms. The fourth-order valence-electron chi connectivity index (χ4n) is 2.23. The number of nitrogens with zero attached hydrogens (tertiary/aromatic N) is 2. The van der Waals surface area contributed by atoms with Gasteiger partial charge in [0.05, 0.1) is 6.07 Å². The maximum Gasteiger partial charge on any atom is 0.226 e. The molecule has 14 heavy (non-hydrogen) atoms. The fraction of sp³-hybridized carbons (Fsp3) is 0.818. The Morgan fingerprint density at radius 1 is 1.64 bits per heavy atom. The number of nitriles is 1. The molecule has 78 valence electrons. The minimum Gasteiger partial charge on any atom is -0.332 e. The quantitative estimate of drug-likeness (QED) is 0.629. The average Bonchev–Trinajstić information content (AvgIpc) is 2.44. The Morgan fingerprint density at radius 3 is 2.71 bits per heavy atom. The van der Waals surface area contributed by atoms with Crippen LogP contribution in [-0.4, -0.2) is 24.4 Å². The van der Waals surface area contributed by atoms with Gasteiger partial charge in [0.2, 0.25) is 5.91 Å². The fourth-order valence-corrected chi connectivity index (χ4v) is 2.23. The van der Waals surface area contributed by atoms with Gasteiger partial charge in [-0.3, -0.25) is 4.79 Å². The SMILES string of the molecule is CN(CC#N)C(=O)C1CCCC1(C)C. The lowest BCUT2D eigenvalue weighted by molar-refractivity contribution is -0.136. The predicted molar refractivity (Wildman–Crippen MR) is 54.4 cm³/mol. The molecule has 1 unspecified atom stereocenters. The summed E-state index contributed by atoms with van der Waals surface area (Å²) in [7, 11) is 1.71. The van der Waals surface area contributed by atoms with Gasteiger partial charge in [-0.15, -0.1) is 0 Å². The van der Waals surface area contributed by atoms with E-state index in [9.17, 15) is 4.79 Å². The van der Waals surface area contributed by atoms with E-state index >= 15 is 0 Å². The van der Waals surface area contributed by atoms with E-state index in [-0.39, 0.29) is 23.8 Å². The van der Waals surface area contributed by atoms with Gasteiger partial charge in [-0.05, 0) is 18.3 Å². The lowest BCUT2D eigenvalue weighted by Gasteiger charge is -2.28. The van der Waals surface area contributed by atoms with Gasteiger partial charge in [-0.2, -0.15) is 5.26 Å². The number of rotatable bonds is 2. The summed E-state index contributed by atoms with van der Waals surface area (Å²) in [6.45, 7) is 4.48. The number of carbonyl (C=O) groups excluding carboxylic acids is 1. The first-order chi connectivity index (χ1) is 6.49. The van der Waals surface area contributed by atoms with Gasteiger partial charge in [0, 0.05) is 13.0 Å². The van der Waals surface area contributed by atoms with E-state index in [1.807, 2.05) is 6.07 Å². The van der Waals surface area contributed by atoms with Gasteiger partial charge in [0.1, 0.15) is 6.54 Å². The van der Waals surface area contributed by atoms with Gasteiger partial charge in [-0.25, -0.2) is 0 Å². The van der Waals surface area contributed by atoms with Crippen molar-refractivity contribution in [2.75, 3.05) is 13.6 Å². The molecule has 3 heteroatoms. The normalized spacial score (nSPS) is 24.3. The van der Waals surface area contributed by atoms with E-state index in [0.29, 0.717) is 0 Å². The number of hydrogen-bond donors (Lipinski definition) is 0. The highest BCUT2D eigenvalue weighted by molar-refractivity contribution is 5.79. The van der Waals surface area contributed by atoms with Crippen LogP contribution in [-0.2, 0) is 4.79 Å². The molecule has 1 rings (SSSR count). The van der Waals surface area contributed by atoms with Crippen molar-refractivity contribution in [3.05, 3.63) is 0 Å². The summed E-state index contributed by atoms with van der Waals surface area (Å²) in [5.41, 5.74) is 0.112. The third-order valence-electron chi connectivity index (χ3n) is 3.24.